The molecule has 0 heterocycles. The van der Waals surface area contributed by atoms with Gasteiger partial charge in [-0.05, 0) is 111 Å². The highest BCUT2D eigenvalue weighted by atomic mass is 79.9. The van der Waals surface area contributed by atoms with E-state index in [9.17, 15) is 9.59 Å². The molecule has 0 spiro atoms. The van der Waals surface area contributed by atoms with Gasteiger partial charge < -0.3 is 4.74 Å². The Kier molecular flexibility index (Phi) is 6.31. The van der Waals surface area contributed by atoms with Crippen molar-refractivity contribution in [2.45, 2.75) is 111 Å². The lowest BCUT2D eigenvalue weighted by Gasteiger charge is -2.72. The number of hydrogen-bond acceptors (Lipinski definition) is 3. The monoisotopic (exact) mass is 560 g/mol. The van der Waals surface area contributed by atoms with Crippen LogP contribution in [-0.2, 0) is 14.3 Å². The van der Waals surface area contributed by atoms with Crippen LogP contribution >= 0.6 is 15.9 Å². The van der Waals surface area contributed by atoms with Gasteiger partial charge in [0.15, 0.2) is 5.78 Å². The average Bonchev–Trinajstić information content (AvgIpc) is 3.17. The van der Waals surface area contributed by atoms with Crippen LogP contribution in [0.5, 0.6) is 0 Å². The minimum absolute atomic E-state index is 0.0213. The van der Waals surface area contributed by atoms with Crippen LogP contribution in [0, 0.1) is 56.7 Å². The summed E-state index contributed by atoms with van der Waals surface area (Å²) in [5.74, 6) is 3.12. The maximum absolute atomic E-state index is 13.3. The van der Waals surface area contributed by atoms with Crippen LogP contribution in [0.25, 0.3) is 0 Å². The van der Waals surface area contributed by atoms with Crippen molar-refractivity contribution in [2.24, 2.45) is 56.7 Å². The zero-order chi connectivity index (χ0) is 26.5. The van der Waals surface area contributed by atoms with Crippen molar-refractivity contribution in [1.29, 1.82) is 0 Å². The van der Waals surface area contributed by atoms with Crippen LogP contribution < -0.4 is 0 Å². The largest absolute Gasteiger partial charge is 0.465 e. The molecule has 0 aromatic carbocycles. The Balaban J connectivity index is 1.54. The third-order valence-electron chi connectivity index (χ3n) is 13.5. The summed E-state index contributed by atoms with van der Waals surface area (Å²) < 4.78 is 5.78. The first-order valence-electron chi connectivity index (χ1n) is 14.6. The zero-order valence-electron chi connectivity index (χ0n) is 23.8. The average molecular weight is 562 g/mol. The van der Waals surface area contributed by atoms with Gasteiger partial charge in [-0.15, -0.1) is 0 Å². The van der Waals surface area contributed by atoms with Gasteiger partial charge in [0.2, 0.25) is 0 Å². The molecule has 5 fully saturated rings. The number of hydrogen-bond donors (Lipinski definition) is 0. The van der Waals surface area contributed by atoms with Crippen LogP contribution in [0.3, 0.4) is 0 Å². The Morgan fingerprint density at radius 2 is 1.64 bits per heavy atom. The molecule has 0 aliphatic heterocycles. The molecule has 0 bridgehead atoms. The van der Waals surface area contributed by atoms with Gasteiger partial charge in [0.05, 0.1) is 11.4 Å². The second-order valence-electron chi connectivity index (χ2n) is 15.1. The van der Waals surface area contributed by atoms with Crippen molar-refractivity contribution in [3.05, 3.63) is 12.2 Å². The minimum atomic E-state index is -0.261. The molecule has 0 aromatic heterocycles. The van der Waals surface area contributed by atoms with E-state index in [1.807, 2.05) is 0 Å². The minimum Gasteiger partial charge on any atom is -0.465 e. The quantitative estimate of drug-likeness (QED) is 0.198. The molecule has 0 amide bonds. The number of ketones is 1. The van der Waals surface area contributed by atoms with E-state index in [0.29, 0.717) is 42.0 Å². The predicted molar refractivity (Wildman–Crippen MR) is 149 cm³/mol. The van der Waals surface area contributed by atoms with Crippen LogP contribution in [0.2, 0.25) is 0 Å². The summed E-state index contributed by atoms with van der Waals surface area (Å²) in [4.78, 5) is 25.1. The highest BCUT2D eigenvalue weighted by Gasteiger charge is 2.71. The van der Waals surface area contributed by atoms with Gasteiger partial charge in [-0.1, -0.05) is 62.7 Å². The molecular formula is C32H49BrO3. The molecule has 0 N–H and O–H groups in total. The second-order valence-corrected chi connectivity index (χ2v) is 16.2. The molecule has 0 unspecified atom stereocenters. The number of carbonyl (C=O) groups excluding carboxylic acids is 2. The highest BCUT2D eigenvalue weighted by molar-refractivity contribution is 9.10. The van der Waals surface area contributed by atoms with Crippen LogP contribution in [0.1, 0.15) is 106 Å². The summed E-state index contributed by atoms with van der Waals surface area (Å²) in [7, 11) is 0. The van der Waals surface area contributed by atoms with Gasteiger partial charge in [0.25, 0.3) is 0 Å². The SMILES string of the molecule is C=C(C)[C@@H]1CC[C@]2(COC(C)=O)CC[C@]3(C)[C@H](CC[C@@H]4[C@@]5(C)C[C@@H](Br)C(=O)C(C)(C)[C@@H]5CC[C@]43C)[C@@H]12. The lowest BCUT2D eigenvalue weighted by Crippen LogP contribution is -2.67. The molecule has 5 aliphatic carbocycles. The Labute approximate surface area is 228 Å². The molecule has 0 radical (unpaired) electrons. The van der Waals surface area contributed by atoms with E-state index in [-0.39, 0.29) is 37.9 Å². The van der Waals surface area contributed by atoms with Crippen molar-refractivity contribution in [3.8, 4) is 0 Å². The number of allylic oxidation sites excluding steroid dienone is 1. The number of Topliss-reactive ketones (excluding diaryl/α,β-unsaturated/α-hetero) is 1. The molecule has 5 aliphatic rings. The summed E-state index contributed by atoms with van der Waals surface area (Å²) in [6.45, 7) is 21.1. The molecular weight excluding hydrogens is 512 g/mol. The smallest absolute Gasteiger partial charge is 0.302 e. The topological polar surface area (TPSA) is 43.4 Å². The fourth-order valence-corrected chi connectivity index (χ4v) is 13.0. The second kappa shape index (κ2) is 8.43. The first-order chi connectivity index (χ1) is 16.6. The number of ether oxygens (including phenoxy) is 1. The Bertz CT molecular complexity index is 970. The van der Waals surface area contributed by atoms with Gasteiger partial charge in [-0.25, -0.2) is 0 Å². The standard InChI is InChI=1S/C32H49BrO3/c1-19(2)21-11-14-32(18-36-20(3)34)16-15-30(7)22(26(21)32)9-10-25-29(6)17-23(33)27(35)28(4,5)24(29)12-13-31(25,30)8/h21-26H,1,9-18H2,2-8H3/t21-,22+,23+,24-,25+,26+,29-,30+,31+,32+/m0/s1. The van der Waals surface area contributed by atoms with E-state index >= 15 is 0 Å². The highest BCUT2D eigenvalue weighted by Crippen LogP contribution is 2.77. The molecule has 5 saturated carbocycles. The first-order valence-corrected chi connectivity index (χ1v) is 15.5. The lowest BCUT2D eigenvalue weighted by molar-refractivity contribution is -0.236. The normalized spacial score (nSPS) is 51.4. The predicted octanol–water partition coefficient (Wildman–Crippen LogP) is 8.15. The third kappa shape index (κ3) is 3.40. The van der Waals surface area contributed by atoms with Crippen LogP contribution in [0.15, 0.2) is 12.2 Å². The summed E-state index contributed by atoms with van der Waals surface area (Å²) in [5, 5.41) is 0. The number of rotatable bonds is 3. The van der Waals surface area contributed by atoms with E-state index in [1.165, 1.54) is 37.7 Å². The van der Waals surface area contributed by atoms with E-state index in [4.69, 9.17) is 4.74 Å². The lowest BCUT2D eigenvalue weighted by atomic mass is 9.32. The van der Waals surface area contributed by atoms with Crippen LogP contribution in [-0.4, -0.2) is 23.2 Å². The van der Waals surface area contributed by atoms with Crippen molar-refractivity contribution in [3.63, 3.8) is 0 Å². The fraction of sp³-hybridized carbons (Fsp3) is 0.875. The zero-order valence-corrected chi connectivity index (χ0v) is 25.4. The third-order valence-corrected chi connectivity index (χ3v) is 14.2. The van der Waals surface area contributed by atoms with Gasteiger partial charge in [0, 0.05) is 17.8 Å². The maximum atomic E-state index is 13.3. The molecule has 3 nitrogen and oxygen atoms in total. The van der Waals surface area contributed by atoms with Crippen molar-refractivity contribution < 1.29 is 14.3 Å². The van der Waals surface area contributed by atoms with Gasteiger partial charge >= 0.3 is 5.97 Å². The van der Waals surface area contributed by atoms with E-state index in [2.05, 4.69) is 64.1 Å². The van der Waals surface area contributed by atoms with E-state index in [1.54, 1.807) is 6.92 Å². The number of halogens is 1. The van der Waals surface area contributed by atoms with Crippen molar-refractivity contribution in [1.82, 2.24) is 0 Å². The number of carbonyl (C=O) groups is 2. The van der Waals surface area contributed by atoms with Crippen molar-refractivity contribution in [2.75, 3.05) is 6.61 Å². The van der Waals surface area contributed by atoms with E-state index < -0.39 is 0 Å². The summed E-state index contributed by atoms with van der Waals surface area (Å²) in [6.07, 6.45) is 10.6. The Morgan fingerprint density at radius 1 is 0.944 bits per heavy atom. The molecule has 5 rings (SSSR count). The molecule has 36 heavy (non-hydrogen) atoms. The van der Waals surface area contributed by atoms with Gasteiger partial charge in [0.1, 0.15) is 0 Å². The Hall–Kier alpha value is -0.640. The first kappa shape index (κ1) is 26.9. The molecule has 0 saturated heterocycles. The number of fused-ring (bicyclic) bond motifs is 7. The Morgan fingerprint density at radius 3 is 2.28 bits per heavy atom. The molecule has 0 aromatic rings. The maximum Gasteiger partial charge on any atom is 0.302 e. The molecule has 10 atom stereocenters. The van der Waals surface area contributed by atoms with Crippen LogP contribution in [0.4, 0.5) is 0 Å². The van der Waals surface area contributed by atoms with E-state index in [0.717, 1.165) is 25.7 Å². The van der Waals surface area contributed by atoms with Gasteiger partial charge in [-0.2, -0.15) is 0 Å². The fourth-order valence-electron chi connectivity index (χ4n) is 11.7. The molecule has 202 valence electrons. The number of esters is 1. The summed E-state index contributed by atoms with van der Waals surface area (Å²) in [5.41, 5.74) is 1.89. The summed E-state index contributed by atoms with van der Waals surface area (Å²) >= 11 is 3.84. The molecule has 4 heteroatoms. The number of alkyl halides is 1. The van der Waals surface area contributed by atoms with Gasteiger partial charge in [-0.3, -0.25) is 9.59 Å². The van der Waals surface area contributed by atoms with Crippen molar-refractivity contribution >= 4 is 27.7 Å². The summed E-state index contributed by atoms with van der Waals surface area (Å²) in [6, 6.07) is 0.